The van der Waals surface area contributed by atoms with E-state index in [2.05, 4.69) is 0 Å². The van der Waals surface area contributed by atoms with Gasteiger partial charge in [-0.25, -0.2) is 4.79 Å². The molecule has 0 spiro atoms. The van der Waals surface area contributed by atoms with Gasteiger partial charge < -0.3 is 18.9 Å². The van der Waals surface area contributed by atoms with Crippen LogP contribution in [0.5, 0.6) is 11.5 Å². The average molecular weight is 252 g/mol. The van der Waals surface area contributed by atoms with Crippen molar-refractivity contribution in [1.82, 2.24) is 0 Å². The van der Waals surface area contributed by atoms with Gasteiger partial charge in [0.2, 0.25) is 0 Å². The van der Waals surface area contributed by atoms with Crippen molar-refractivity contribution in [2.75, 3.05) is 21.0 Å². The van der Waals surface area contributed by atoms with Gasteiger partial charge in [-0.2, -0.15) is 0 Å². The minimum absolute atomic E-state index is 0.119. The monoisotopic (exact) mass is 252 g/mol. The summed E-state index contributed by atoms with van der Waals surface area (Å²) in [6.45, 7) is 0.119. The highest BCUT2D eigenvalue weighted by molar-refractivity contribution is 5.90. The van der Waals surface area contributed by atoms with Crippen molar-refractivity contribution in [3.8, 4) is 11.5 Å². The van der Waals surface area contributed by atoms with Gasteiger partial charge in [-0.05, 0) is 25.0 Å². The summed E-state index contributed by atoms with van der Waals surface area (Å²) in [6.07, 6.45) is 2.36. The van der Waals surface area contributed by atoms with E-state index in [1.807, 2.05) is 0 Å². The van der Waals surface area contributed by atoms with E-state index in [0.717, 1.165) is 12.8 Å². The van der Waals surface area contributed by atoms with Crippen LogP contribution in [-0.2, 0) is 9.47 Å². The Hall–Kier alpha value is -1.75. The average Bonchev–Trinajstić information content (AvgIpc) is 3.19. The van der Waals surface area contributed by atoms with Crippen LogP contribution in [0.15, 0.2) is 18.2 Å². The highest BCUT2D eigenvalue weighted by atomic mass is 16.7. The molecule has 0 heterocycles. The topological polar surface area (TPSA) is 54.0 Å². The highest BCUT2D eigenvalue weighted by Crippen LogP contribution is 2.30. The molecule has 1 aliphatic rings. The van der Waals surface area contributed by atoms with E-state index < -0.39 is 5.97 Å². The molecular formula is C13H16O5. The third kappa shape index (κ3) is 3.37. The molecule has 1 aliphatic carbocycles. The van der Waals surface area contributed by atoms with Gasteiger partial charge in [0.15, 0.2) is 6.79 Å². The van der Waals surface area contributed by atoms with Gasteiger partial charge in [0.25, 0.3) is 0 Å². The summed E-state index contributed by atoms with van der Waals surface area (Å²) in [5, 5.41) is 0. The van der Waals surface area contributed by atoms with Crippen molar-refractivity contribution < 1.29 is 23.7 Å². The lowest BCUT2D eigenvalue weighted by molar-refractivity contribution is 0.0501. The van der Waals surface area contributed by atoms with Crippen molar-refractivity contribution in [2.45, 2.75) is 18.9 Å². The Bertz CT molecular complexity index is 425. The smallest absolute Gasteiger partial charge is 0.338 e. The summed E-state index contributed by atoms with van der Waals surface area (Å²) in [5.41, 5.74) is 0.404. The first-order valence-electron chi connectivity index (χ1n) is 5.74. The number of carbonyl (C=O) groups is 1. The molecule has 0 aromatic heterocycles. The van der Waals surface area contributed by atoms with Crippen LogP contribution in [-0.4, -0.2) is 33.1 Å². The van der Waals surface area contributed by atoms with Crippen molar-refractivity contribution in [2.24, 2.45) is 0 Å². The molecule has 0 amide bonds. The second-order valence-corrected chi connectivity index (χ2v) is 4.05. The maximum atomic E-state index is 11.5. The van der Waals surface area contributed by atoms with E-state index in [4.69, 9.17) is 18.9 Å². The quantitative estimate of drug-likeness (QED) is 0.572. The van der Waals surface area contributed by atoms with E-state index >= 15 is 0 Å². The van der Waals surface area contributed by atoms with Crippen LogP contribution in [0.1, 0.15) is 23.2 Å². The predicted octanol–water partition coefficient (Wildman–Crippen LogP) is 2.00. The fourth-order valence-electron chi connectivity index (χ4n) is 1.46. The molecule has 0 atom stereocenters. The minimum atomic E-state index is -0.418. The summed E-state index contributed by atoms with van der Waals surface area (Å²) >= 11 is 0. The number of ether oxygens (including phenoxy) is 4. The Balaban J connectivity index is 2.18. The van der Waals surface area contributed by atoms with Crippen molar-refractivity contribution in [1.29, 1.82) is 0 Å². The molecule has 0 radical (unpaired) electrons. The van der Waals surface area contributed by atoms with Gasteiger partial charge in [-0.1, -0.05) is 0 Å². The Morgan fingerprint density at radius 3 is 2.56 bits per heavy atom. The van der Waals surface area contributed by atoms with Crippen LogP contribution in [0, 0.1) is 0 Å². The van der Waals surface area contributed by atoms with Gasteiger partial charge in [-0.15, -0.1) is 0 Å². The first-order valence-corrected chi connectivity index (χ1v) is 5.74. The van der Waals surface area contributed by atoms with Crippen LogP contribution in [0.4, 0.5) is 0 Å². The minimum Gasteiger partial charge on any atom is -0.490 e. The number of rotatable bonds is 6. The van der Waals surface area contributed by atoms with E-state index in [1.165, 1.54) is 14.2 Å². The first kappa shape index (κ1) is 12.7. The van der Waals surface area contributed by atoms with Crippen LogP contribution in [0.25, 0.3) is 0 Å². The van der Waals surface area contributed by atoms with Gasteiger partial charge in [-0.3, -0.25) is 0 Å². The largest absolute Gasteiger partial charge is 0.490 e. The molecule has 1 aromatic carbocycles. The molecular weight excluding hydrogens is 236 g/mol. The second-order valence-electron chi connectivity index (χ2n) is 4.05. The predicted molar refractivity (Wildman–Crippen MR) is 63.9 cm³/mol. The number of esters is 1. The number of carbonyl (C=O) groups excluding carboxylic acids is 1. The number of hydrogen-bond donors (Lipinski definition) is 0. The molecule has 1 saturated carbocycles. The SMILES string of the molecule is COCOc1cc(OC2CC2)cc(C(=O)OC)c1. The molecule has 1 fully saturated rings. The molecule has 1 aromatic rings. The van der Waals surface area contributed by atoms with Crippen LogP contribution in [0.2, 0.25) is 0 Å². The van der Waals surface area contributed by atoms with E-state index in [9.17, 15) is 4.79 Å². The van der Waals surface area contributed by atoms with Crippen molar-refractivity contribution >= 4 is 5.97 Å². The van der Waals surface area contributed by atoms with Crippen molar-refractivity contribution in [3.05, 3.63) is 23.8 Å². The highest BCUT2D eigenvalue weighted by Gasteiger charge is 2.24. The number of benzene rings is 1. The third-order valence-corrected chi connectivity index (χ3v) is 2.47. The zero-order valence-corrected chi connectivity index (χ0v) is 10.5. The third-order valence-electron chi connectivity index (χ3n) is 2.47. The zero-order chi connectivity index (χ0) is 13.0. The van der Waals surface area contributed by atoms with E-state index in [-0.39, 0.29) is 12.9 Å². The molecule has 0 bridgehead atoms. The molecule has 0 aliphatic heterocycles. The molecule has 0 unspecified atom stereocenters. The molecule has 5 heteroatoms. The maximum Gasteiger partial charge on any atom is 0.338 e. The standard InChI is InChI=1S/C13H16O5/c1-15-8-17-11-5-9(13(14)16-2)6-12(7-11)18-10-3-4-10/h5-7,10H,3-4,8H2,1-2H3. The molecule has 2 rings (SSSR count). The molecule has 0 N–H and O–H groups in total. The molecule has 18 heavy (non-hydrogen) atoms. The zero-order valence-electron chi connectivity index (χ0n) is 10.5. The molecule has 98 valence electrons. The Morgan fingerprint density at radius 1 is 1.22 bits per heavy atom. The van der Waals surface area contributed by atoms with Gasteiger partial charge in [0.05, 0.1) is 18.8 Å². The van der Waals surface area contributed by atoms with Gasteiger partial charge >= 0.3 is 5.97 Å². The first-order chi connectivity index (χ1) is 8.72. The summed E-state index contributed by atoms with van der Waals surface area (Å²) in [6, 6.07) is 5.00. The maximum absolute atomic E-state index is 11.5. The number of hydrogen-bond acceptors (Lipinski definition) is 5. The summed E-state index contributed by atoms with van der Waals surface area (Å²) in [7, 11) is 2.87. The molecule has 5 nitrogen and oxygen atoms in total. The fraction of sp³-hybridized carbons (Fsp3) is 0.462. The van der Waals surface area contributed by atoms with Crippen LogP contribution in [0.3, 0.4) is 0 Å². The Labute approximate surface area is 106 Å². The van der Waals surface area contributed by atoms with E-state index in [1.54, 1.807) is 18.2 Å². The second kappa shape index (κ2) is 5.73. The van der Waals surface area contributed by atoms with Crippen molar-refractivity contribution in [3.63, 3.8) is 0 Å². The molecule has 0 saturated heterocycles. The summed E-state index contributed by atoms with van der Waals surface area (Å²) < 4.78 is 20.5. The van der Waals surface area contributed by atoms with Crippen LogP contribution < -0.4 is 9.47 Å². The Morgan fingerprint density at radius 2 is 1.94 bits per heavy atom. The number of methoxy groups -OCH3 is 2. The summed E-state index contributed by atoms with van der Waals surface area (Å²) in [4.78, 5) is 11.5. The lowest BCUT2D eigenvalue weighted by atomic mass is 10.2. The normalized spacial score (nSPS) is 14.1. The van der Waals surface area contributed by atoms with Crippen LogP contribution >= 0.6 is 0 Å². The fourth-order valence-corrected chi connectivity index (χ4v) is 1.46. The van der Waals surface area contributed by atoms with E-state index in [0.29, 0.717) is 17.1 Å². The lowest BCUT2D eigenvalue weighted by Crippen LogP contribution is -2.05. The van der Waals surface area contributed by atoms with Gasteiger partial charge in [0.1, 0.15) is 11.5 Å². The lowest BCUT2D eigenvalue weighted by Gasteiger charge is -2.10. The Kier molecular flexibility index (Phi) is 4.04. The summed E-state index contributed by atoms with van der Waals surface area (Å²) in [5.74, 6) is 0.723. The van der Waals surface area contributed by atoms with Gasteiger partial charge in [0, 0.05) is 13.2 Å².